The summed E-state index contributed by atoms with van der Waals surface area (Å²) in [6.45, 7) is 5.81. The van der Waals surface area contributed by atoms with E-state index in [1.165, 1.54) is 0 Å². The number of rotatable bonds is 2. The van der Waals surface area contributed by atoms with E-state index in [9.17, 15) is 9.90 Å². The lowest BCUT2D eigenvalue weighted by Gasteiger charge is -2.17. The van der Waals surface area contributed by atoms with Crippen molar-refractivity contribution in [3.8, 4) is 11.1 Å². The first-order valence-corrected chi connectivity index (χ1v) is 7.31. The normalized spacial score (nSPS) is 16.5. The quantitative estimate of drug-likeness (QED) is 0.905. The summed E-state index contributed by atoms with van der Waals surface area (Å²) in [6, 6.07) is 13.9. The Kier molecular flexibility index (Phi) is 3.22. The molecule has 2 aromatic rings. The predicted molar refractivity (Wildman–Crippen MR) is 84.1 cm³/mol. The van der Waals surface area contributed by atoms with Crippen molar-refractivity contribution >= 4 is 5.78 Å². The van der Waals surface area contributed by atoms with Gasteiger partial charge in [-0.1, -0.05) is 63.2 Å². The summed E-state index contributed by atoms with van der Waals surface area (Å²) in [6.07, 6.45) is -0.166. The topological polar surface area (TPSA) is 37.3 Å². The first-order chi connectivity index (χ1) is 9.88. The van der Waals surface area contributed by atoms with Crippen LogP contribution in [0.1, 0.15) is 43.6 Å². The minimum atomic E-state index is -0.583. The Labute approximate surface area is 125 Å². The van der Waals surface area contributed by atoms with Crippen LogP contribution in [0.4, 0.5) is 0 Å². The van der Waals surface area contributed by atoms with Gasteiger partial charge in [0.1, 0.15) is 11.9 Å². The molecular weight excluding hydrogens is 260 g/mol. The molecule has 0 bridgehead atoms. The number of Topliss-reactive ketones (excluding diaryl/α,β-unsaturated/α-hetero) is 1. The van der Waals surface area contributed by atoms with Gasteiger partial charge in [0.05, 0.1) is 0 Å². The van der Waals surface area contributed by atoms with Crippen molar-refractivity contribution in [3.63, 3.8) is 0 Å². The monoisotopic (exact) mass is 280 g/mol. The van der Waals surface area contributed by atoms with Gasteiger partial charge in [0, 0.05) is 11.8 Å². The summed E-state index contributed by atoms with van der Waals surface area (Å²) in [7, 11) is 0. The van der Waals surface area contributed by atoms with Crippen LogP contribution in [0.5, 0.6) is 0 Å². The van der Waals surface area contributed by atoms with Crippen molar-refractivity contribution in [3.05, 3.63) is 59.2 Å². The van der Waals surface area contributed by atoms with E-state index in [4.69, 9.17) is 0 Å². The first kappa shape index (κ1) is 14.0. The molecule has 0 spiro atoms. The molecule has 0 fully saturated rings. The fraction of sp³-hybridized carbons (Fsp3) is 0.316. The van der Waals surface area contributed by atoms with Crippen LogP contribution in [0.15, 0.2) is 42.5 Å². The maximum absolute atomic E-state index is 12.2. The molecule has 1 aliphatic carbocycles. The Morgan fingerprint density at radius 3 is 2.43 bits per heavy atom. The van der Waals surface area contributed by atoms with Gasteiger partial charge in [-0.05, 0) is 27.8 Å². The summed E-state index contributed by atoms with van der Waals surface area (Å²) < 4.78 is 0. The van der Waals surface area contributed by atoms with E-state index in [2.05, 4.69) is 0 Å². The predicted octanol–water partition coefficient (Wildman–Crippen LogP) is 3.91. The Balaban J connectivity index is 1.96. The fourth-order valence-electron chi connectivity index (χ4n) is 2.79. The van der Waals surface area contributed by atoms with Crippen molar-refractivity contribution in [2.75, 3.05) is 0 Å². The molecule has 0 saturated heterocycles. The van der Waals surface area contributed by atoms with Crippen LogP contribution in [0, 0.1) is 5.41 Å². The molecule has 0 radical (unpaired) electrons. The van der Waals surface area contributed by atoms with E-state index >= 15 is 0 Å². The molecule has 1 aliphatic rings. The van der Waals surface area contributed by atoms with Gasteiger partial charge in [-0.15, -0.1) is 0 Å². The zero-order valence-electron chi connectivity index (χ0n) is 12.7. The van der Waals surface area contributed by atoms with Gasteiger partial charge in [0.15, 0.2) is 0 Å². The maximum atomic E-state index is 12.2. The highest BCUT2D eigenvalue weighted by atomic mass is 16.3. The van der Waals surface area contributed by atoms with Crippen LogP contribution in [-0.2, 0) is 11.2 Å². The molecule has 0 saturated carbocycles. The zero-order chi connectivity index (χ0) is 15.2. The largest absolute Gasteiger partial charge is 0.384 e. The van der Waals surface area contributed by atoms with Crippen LogP contribution in [-0.4, -0.2) is 10.9 Å². The third-order valence-corrected chi connectivity index (χ3v) is 4.16. The van der Waals surface area contributed by atoms with Crippen molar-refractivity contribution < 1.29 is 9.90 Å². The van der Waals surface area contributed by atoms with Crippen LogP contribution >= 0.6 is 0 Å². The Hall–Kier alpha value is -1.93. The summed E-state index contributed by atoms with van der Waals surface area (Å²) >= 11 is 0. The minimum Gasteiger partial charge on any atom is -0.384 e. The molecule has 0 aliphatic heterocycles. The number of aliphatic hydroxyl groups is 1. The van der Waals surface area contributed by atoms with E-state index in [1.54, 1.807) is 0 Å². The van der Waals surface area contributed by atoms with Crippen molar-refractivity contribution in [2.24, 2.45) is 5.41 Å². The highest BCUT2D eigenvalue weighted by Gasteiger charge is 2.27. The van der Waals surface area contributed by atoms with Gasteiger partial charge in [-0.25, -0.2) is 0 Å². The Morgan fingerprint density at radius 1 is 1.05 bits per heavy atom. The molecule has 0 aromatic heterocycles. The molecule has 21 heavy (non-hydrogen) atoms. The van der Waals surface area contributed by atoms with E-state index in [0.29, 0.717) is 6.42 Å². The molecule has 0 heterocycles. The fourth-order valence-corrected chi connectivity index (χ4v) is 2.79. The molecule has 2 aromatic carbocycles. The SMILES string of the molecule is CC(C)(C)C(=O)Cc1ccc2c(c1)C(O)c1ccccc1-2. The molecule has 1 unspecified atom stereocenters. The summed E-state index contributed by atoms with van der Waals surface area (Å²) in [5.41, 5.74) is 4.67. The van der Waals surface area contributed by atoms with Crippen LogP contribution in [0.3, 0.4) is 0 Å². The zero-order valence-corrected chi connectivity index (χ0v) is 12.7. The summed E-state index contributed by atoms with van der Waals surface area (Å²) in [4.78, 5) is 12.2. The average molecular weight is 280 g/mol. The van der Waals surface area contributed by atoms with Gasteiger partial charge in [-0.2, -0.15) is 0 Å². The molecule has 0 amide bonds. The standard InChI is InChI=1S/C19H20O2/c1-19(2,3)17(20)11-12-8-9-14-13-6-4-5-7-15(13)18(21)16(14)10-12/h4-10,18,21H,11H2,1-3H3. The molecule has 1 N–H and O–H groups in total. The second-order valence-corrected chi connectivity index (χ2v) is 6.76. The third kappa shape index (κ3) is 2.40. The van der Waals surface area contributed by atoms with Crippen molar-refractivity contribution in [1.29, 1.82) is 0 Å². The van der Waals surface area contributed by atoms with Crippen LogP contribution in [0.2, 0.25) is 0 Å². The molecule has 108 valence electrons. The second-order valence-electron chi connectivity index (χ2n) is 6.76. The Bertz CT molecular complexity index is 708. The molecule has 2 heteroatoms. The molecule has 1 atom stereocenters. The number of benzene rings is 2. The first-order valence-electron chi connectivity index (χ1n) is 7.31. The van der Waals surface area contributed by atoms with Gasteiger partial charge in [-0.3, -0.25) is 4.79 Å². The van der Waals surface area contributed by atoms with Gasteiger partial charge >= 0.3 is 0 Å². The lowest BCUT2D eigenvalue weighted by molar-refractivity contribution is -0.125. The average Bonchev–Trinajstić information content (AvgIpc) is 2.72. The van der Waals surface area contributed by atoms with Gasteiger partial charge < -0.3 is 5.11 Å². The van der Waals surface area contributed by atoms with E-state index in [0.717, 1.165) is 27.8 Å². The van der Waals surface area contributed by atoms with Gasteiger partial charge in [0.25, 0.3) is 0 Å². The Morgan fingerprint density at radius 2 is 1.71 bits per heavy atom. The number of fused-ring (bicyclic) bond motifs is 3. The van der Waals surface area contributed by atoms with Crippen LogP contribution in [0.25, 0.3) is 11.1 Å². The van der Waals surface area contributed by atoms with E-state index < -0.39 is 6.10 Å². The van der Waals surface area contributed by atoms with Crippen LogP contribution < -0.4 is 0 Å². The molecular formula is C19H20O2. The van der Waals surface area contributed by atoms with Crippen molar-refractivity contribution in [2.45, 2.75) is 33.3 Å². The van der Waals surface area contributed by atoms with E-state index in [-0.39, 0.29) is 11.2 Å². The summed E-state index contributed by atoms with van der Waals surface area (Å²) in [5.74, 6) is 0.215. The third-order valence-electron chi connectivity index (χ3n) is 4.16. The number of carbonyl (C=O) groups is 1. The number of hydrogen-bond donors (Lipinski definition) is 1. The van der Waals surface area contributed by atoms with Crippen molar-refractivity contribution in [1.82, 2.24) is 0 Å². The lowest BCUT2D eigenvalue weighted by Crippen LogP contribution is -2.22. The highest BCUT2D eigenvalue weighted by Crippen LogP contribution is 2.43. The molecule has 2 nitrogen and oxygen atoms in total. The smallest absolute Gasteiger partial charge is 0.142 e. The molecule has 3 rings (SSSR count). The number of aliphatic hydroxyl groups excluding tert-OH is 1. The number of hydrogen-bond acceptors (Lipinski definition) is 2. The highest BCUT2D eigenvalue weighted by molar-refractivity contribution is 5.86. The number of ketones is 1. The maximum Gasteiger partial charge on any atom is 0.142 e. The lowest BCUT2D eigenvalue weighted by atomic mass is 9.86. The van der Waals surface area contributed by atoms with Gasteiger partial charge in [0.2, 0.25) is 0 Å². The number of carbonyl (C=O) groups excluding carboxylic acids is 1. The minimum absolute atomic E-state index is 0.215. The second kappa shape index (κ2) is 4.81. The summed E-state index contributed by atoms with van der Waals surface area (Å²) in [5, 5.41) is 10.5. The van der Waals surface area contributed by atoms with E-state index in [1.807, 2.05) is 63.2 Å².